The van der Waals surface area contributed by atoms with Crippen LogP contribution in [0.2, 0.25) is 10.0 Å². The van der Waals surface area contributed by atoms with Crippen LogP contribution in [0.15, 0.2) is 48.5 Å². The van der Waals surface area contributed by atoms with E-state index < -0.39 is 7.32 Å². The molecule has 0 saturated heterocycles. The van der Waals surface area contributed by atoms with Gasteiger partial charge in [-0.1, -0.05) is 35.3 Å². The first kappa shape index (κ1) is 16.0. The second-order valence-corrected chi connectivity index (χ2v) is 4.97. The van der Waals surface area contributed by atoms with E-state index in [0.29, 0.717) is 34.7 Å². The number of hydrogen-bond donors (Lipinski definition) is 1. The molecule has 7 heteroatoms. The number of halogens is 2. The molecule has 0 spiro atoms. The van der Waals surface area contributed by atoms with Crippen LogP contribution in [-0.4, -0.2) is 20.5 Å². The number of nitrogens with two attached hydrogens (primary N) is 1. The SMILES string of the molecule is NCCOB(Oc1cccc(Cl)c1)Oc1cccc(Cl)c1. The molecular weight excluding hydrogens is 312 g/mol. The molecule has 2 aromatic rings. The highest BCUT2D eigenvalue weighted by atomic mass is 35.5. The first-order valence-corrected chi connectivity index (χ1v) is 7.09. The quantitative estimate of drug-likeness (QED) is 0.792. The van der Waals surface area contributed by atoms with Crippen molar-refractivity contribution in [2.45, 2.75) is 0 Å². The monoisotopic (exact) mass is 325 g/mol. The van der Waals surface area contributed by atoms with Gasteiger partial charge in [0.2, 0.25) is 0 Å². The molecule has 110 valence electrons. The van der Waals surface area contributed by atoms with Gasteiger partial charge in [-0.3, -0.25) is 0 Å². The van der Waals surface area contributed by atoms with Crippen molar-refractivity contribution in [1.29, 1.82) is 0 Å². The molecule has 0 unspecified atom stereocenters. The van der Waals surface area contributed by atoms with Gasteiger partial charge in [0.15, 0.2) is 0 Å². The zero-order valence-electron chi connectivity index (χ0n) is 11.2. The normalized spacial score (nSPS) is 10.2. The number of hydrogen-bond acceptors (Lipinski definition) is 4. The van der Waals surface area contributed by atoms with Crippen LogP contribution in [0.25, 0.3) is 0 Å². The molecule has 2 rings (SSSR count). The van der Waals surface area contributed by atoms with Crippen LogP contribution in [0.5, 0.6) is 11.5 Å². The summed E-state index contributed by atoms with van der Waals surface area (Å²) in [5, 5.41) is 1.13. The molecule has 0 aliphatic rings. The van der Waals surface area contributed by atoms with E-state index in [9.17, 15) is 0 Å². The standard InChI is InChI=1S/C14H14BCl2NO3/c16-11-3-1-5-13(9-11)20-15(19-8-7-18)21-14-6-2-4-12(17)10-14/h1-6,9-10H,7-8,18H2. The van der Waals surface area contributed by atoms with E-state index in [2.05, 4.69) is 0 Å². The summed E-state index contributed by atoms with van der Waals surface area (Å²) in [4.78, 5) is 0. The fraction of sp³-hybridized carbons (Fsp3) is 0.143. The van der Waals surface area contributed by atoms with Gasteiger partial charge in [0, 0.05) is 23.2 Å². The Morgan fingerprint density at radius 2 is 1.43 bits per heavy atom. The second-order valence-electron chi connectivity index (χ2n) is 4.10. The first-order valence-electron chi connectivity index (χ1n) is 6.33. The van der Waals surface area contributed by atoms with Crippen molar-refractivity contribution in [2.24, 2.45) is 5.73 Å². The van der Waals surface area contributed by atoms with Crippen molar-refractivity contribution in [3.8, 4) is 11.5 Å². The average molecular weight is 326 g/mol. The van der Waals surface area contributed by atoms with E-state index in [1.54, 1.807) is 48.5 Å². The largest absolute Gasteiger partial charge is 0.788 e. The Hall–Kier alpha value is -1.40. The van der Waals surface area contributed by atoms with Crippen LogP contribution < -0.4 is 15.0 Å². The second kappa shape index (κ2) is 8.15. The highest BCUT2D eigenvalue weighted by Crippen LogP contribution is 2.21. The lowest BCUT2D eigenvalue weighted by Crippen LogP contribution is -2.35. The molecule has 21 heavy (non-hydrogen) atoms. The molecule has 2 aromatic carbocycles. The van der Waals surface area contributed by atoms with E-state index in [1.807, 2.05) is 0 Å². The van der Waals surface area contributed by atoms with Crippen molar-refractivity contribution in [3.05, 3.63) is 58.6 Å². The molecule has 2 N–H and O–H groups in total. The topological polar surface area (TPSA) is 53.7 Å². The van der Waals surface area contributed by atoms with Gasteiger partial charge in [-0.25, -0.2) is 0 Å². The minimum Gasteiger partial charge on any atom is -0.501 e. The highest BCUT2D eigenvalue weighted by Gasteiger charge is 2.27. The van der Waals surface area contributed by atoms with Gasteiger partial charge < -0.3 is 19.7 Å². The molecule has 0 fully saturated rings. The summed E-state index contributed by atoms with van der Waals surface area (Å²) >= 11 is 11.8. The Labute approximate surface area is 133 Å². The lowest BCUT2D eigenvalue weighted by molar-refractivity contribution is 0.207. The minimum atomic E-state index is -0.939. The van der Waals surface area contributed by atoms with Crippen molar-refractivity contribution in [2.75, 3.05) is 13.2 Å². The molecule has 0 atom stereocenters. The number of benzene rings is 2. The van der Waals surface area contributed by atoms with E-state index in [4.69, 9.17) is 42.9 Å². The third-order valence-corrected chi connectivity index (χ3v) is 2.90. The average Bonchev–Trinajstić information content (AvgIpc) is 2.45. The zero-order valence-corrected chi connectivity index (χ0v) is 12.7. The van der Waals surface area contributed by atoms with E-state index in [-0.39, 0.29) is 0 Å². The van der Waals surface area contributed by atoms with Gasteiger partial charge >= 0.3 is 7.32 Å². The zero-order chi connectivity index (χ0) is 15.1. The summed E-state index contributed by atoms with van der Waals surface area (Å²) < 4.78 is 16.7. The van der Waals surface area contributed by atoms with Gasteiger partial charge in [-0.2, -0.15) is 0 Å². The molecule has 0 aromatic heterocycles. The molecule has 0 heterocycles. The van der Waals surface area contributed by atoms with Gasteiger partial charge in [0.25, 0.3) is 0 Å². The van der Waals surface area contributed by atoms with E-state index >= 15 is 0 Å². The molecular formula is C14H14BCl2NO3. The third-order valence-electron chi connectivity index (χ3n) is 2.43. The van der Waals surface area contributed by atoms with Crippen molar-refractivity contribution in [1.82, 2.24) is 0 Å². The molecule has 0 radical (unpaired) electrons. The Morgan fingerprint density at radius 1 is 0.905 bits per heavy atom. The van der Waals surface area contributed by atoms with E-state index in [0.717, 1.165) is 0 Å². The van der Waals surface area contributed by atoms with Crippen molar-refractivity contribution >= 4 is 30.5 Å². The van der Waals surface area contributed by atoms with Gasteiger partial charge in [0.05, 0.1) is 0 Å². The van der Waals surface area contributed by atoms with Crippen LogP contribution in [0.3, 0.4) is 0 Å². The van der Waals surface area contributed by atoms with Crippen LogP contribution in [0.1, 0.15) is 0 Å². The lowest BCUT2D eigenvalue weighted by Gasteiger charge is -2.15. The molecule has 0 amide bonds. The van der Waals surface area contributed by atoms with Crippen LogP contribution in [0, 0.1) is 0 Å². The van der Waals surface area contributed by atoms with E-state index in [1.165, 1.54) is 0 Å². The predicted molar refractivity (Wildman–Crippen MR) is 84.9 cm³/mol. The Kier molecular flexibility index (Phi) is 6.20. The smallest absolute Gasteiger partial charge is 0.501 e. The van der Waals surface area contributed by atoms with Crippen molar-refractivity contribution < 1.29 is 14.0 Å². The molecule has 0 aliphatic heterocycles. The third kappa shape index (κ3) is 5.48. The summed E-state index contributed by atoms with van der Waals surface area (Å²) in [5.41, 5.74) is 5.43. The Balaban J connectivity index is 2.06. The summed E-state index contributed by atoms with van der Waals surface area (Å²) in [6.45, 7) is 0.653. The van der Waals surface area contributed by atoms with Gasteiger partial charge in [0.1, 0.15) is 11.5 Å². The molecule has 0 bridgehead atoms. The fourth-order valence-electron chi connectivity index (χ4n) is 1.56. The molecule has 0 aliphatic carbocycles. The molecule has 0 saturated carbocycles. The minimum absolute atomic E-state index is 0.297. The maximum Gasteiger partial charge on any atom is 0.788 e. The summed E-state index contributed by atoms with van der Waals surface area (Å²) in [7, 11) is -0.939. The van der Waals surface area contributed by atoms with Crippen LogP contribution >= 0.6 is 23.2 Å². The number of rotatable bonds is 7. The lowest BCUT2D eigenvalue weighted by atomic mass is 10.2. The van der Waals surface area contributed by atoms with Crippen LogP contribution in [0.4, 0.5) is 0 Å². The summed E-state index contributed by atoms with van der Waals surface area (Å²) in [5.74, 6) is 1.07. The van der Waals surface area contributed by atoms with Crippen molar-refractivity contribution in [3.63, 3.8) is 0 Å². The Bertz CT molecular complexity index is 538. The van der Waals surface area contributed by atoms with Gasteiger partial charge in [-0.05, 0) is 36.4 Å². The summed E-state index contributed by atoms with van der Waals surface area (Å²) in [6.07, 6.45) is 0. The first-order chi connectivity index (χ1) is 10.2. The van der Waals surface area contributed by atoms with Crippen LogP contribution in [-0.2, 0) is 4.65 Å². The highest BCUT2D eigenvalue weighted by molar-refractivity contribution is 6.38. The fourth-order valence-corrected chi connectivity index (χ4v) is 1.92. The maximum absolute atomic E-state index is 5.91. The summed E-state index contributed by atoms with van der Waals surface area (Å²) in [6, 6.07) is 13.9. The molecule has 4 nitrogen and oxygen atoms in total. The predicted octanol–water partition coefficient (Wildman–Crippen LogP) is 3.41. The van der Waals surface area contributed by atoms with Gasteiger partial charge in [-0.15, -0.1) is 0 Å². The maximum atomic E-state index is 5.91. The Morgan fingerprint density at radius 3 is 1.86 bits per heavy atom.